The van der Waals surface area contributed by atoms with Gasteiger partial charge in [0, 0.05) is 18.2 Å². The standard InChI is InChI=1S/C16H19N3O2S/c1-9(2)13-4-3-7-19(13)15(21)10-5-6-11-12(8-10)17-16(22)18-14(11)20/h5-6,8-9,13H,3-4,7H2,1-2H3,(H2,17,18,20,22)/t13-/m1/s1. The zero-order valence-corrected chi connectivity index (χ0v) is 13.5. The van der Waals surface area contributed by atoms with E-state index in [9.17, 15) is 9.59 Å². The average Bonchev–Trinajstić information content (AvgIpc) is 2.95. The van der Waals surface area contributed by atoms with Crippen molar-refractivity contribution in [3.8, 4) is 0 Å². The summed E-state index contributed by atoms with van der Waals surface area (Å²) in [7, 11) is 0. The van der Waals surface area contributed by atoms with E-state index in [1.807, 2.05) is 4.90 Å². The van der Waals surface area contributed by atoms with Crippen LogP contribution in [0, 0.1) is 10.7 Å². The van der Waals surface area contributed by atoms with Gasteiger partial charge in [0.2, 0.25) is 0 Å². The third-order valence-electron chi connectivity index (χ3n) is 4.32. The van der Waals surface area contributed by atoms with E-state index in [0.717, 1.165) is 19.4 Å². The van der Waals surface area contributed by atoms with Crippen molar-refractivity contribution in [2.45, 2.75) is 32.7 Å². The van der Waals surface area contributed by atoms with Crippen LogP contribution in [0.3, 0.4) is 0 Å². The molecule has 1 atom stereocenters. The number of benzene rings is 1. The Morgan fingerprint density at radius 3 is 2.86 bits per heavy atom. The van der Waals surface area contributed by atoms with Crippen LogP contribution in [0.25, 0.3) is 10.9 Å². The van der Waals surface area contributed by atoms with Gasteiger partial charge in [-0.05, 0) is 49.2 Å². The van der Waals surface area contributed by atoms with Gasteiger partial charge in [0.15, 0.2) is 4.77 Å². The second kappa shape index (κ2) is 5.68. The molecule has 0 radical (unpaired) electrons. The maximum atomic E-state index is 12.8. The lowest BCUT2D eigenvalue weighted by molar-refractivity contribution is 0.0701. The van der Waals surface area contributed by atoms with Gasteiger partial charge < -0.3 is 9.88 Å². The van der Waals surface area contributed by atoms with Crippen LogP contribution in [-0.2, 0) is 0 Å². The fourth-order valence-corrected chi connectivity index (χ4v) is 3.41. The van der Waals surface area contributed by atoms with Gasteiger partial charge in [-0.2, -0.15) is 0 Å². The van der Waals surface area contributed by atoms with Gasteiger partial charge in [-0.25, -0.2) is 0 Å². The van der Waals surface area contributed by atoms with Crippen LogP contribution in [0.15, 0.2) is 23.0 Å². The molecule has 0 aliphatic carbocycles. The number of carbonyl (C=O) groups excluding carboxylic acids is 1. The summed E-state index contributed by atoms with van der Waals surface area (Å²) < 4.78 is 0.267. The Bertz CT molecular complexity index is 837. The highest BCUT2D eigenvalue weighted by Crippen LogP contribution is 2.26. The molecular weight excluding hydrogens is 298 g/mol. The first-order chi connectivity index (χ1) is 10.5. The number of likely N-dealkylation sites (tertiary alicyclic amines) is 1. The number of carbonyl (C=O) groups is 1. The molecule has 1 aliphatic rings. The number of aromatic nitrogens is 2. The van der Waals surface area contributed by atoms with E-state index >= 15 is 0 Å². The molecule has 1 aliphatic heterocycles. The monoisotopic (exact) mass is 317 g/mol. The lowest BCUT2D eigenvalue weighted by Crippen LogP contribution is -2.38. The molecular formula is C16H19N3O2S. The molecule has 1 aromatic carbocycles. The van der Waals surface area contributed by atoms with Gasteiger partial charge >= 0.3 is 0 Å². The molecule has 1 aromatic heterocycles. The molecule has 2 N–H and O–H groups in total. The van der Waals surface area contributed by atoms with Gasteiger partial charge in [0.25, 0.3) is 11.5 Å². The van der Waals surface area contributed by atoms with Crippen molar-refractivity contribution in [1.82, 2.24) is 14.9 Å². The van der Waals surface area contributed by atoms with E-state index in [1.54, 1.807) is 18.2 Å². The first-order valence-corrected chi connectivity index (χ1v) is 7.95. The smallest absolute Gasteiger partial charge is 0.259 e. The Balaban J connectivity index is 2.01. The second-order valence-electron chi connectivity index (χ2n) is 6.12. The minimum atomic E-state index is -0.237. The Morgan fingerprint density at radius 2 is 2.14 bits per heavy atom. The molecule has 22 heavy (non-hydrogen) atoms. The van der Waals surface area contributed by atoms with Crippen molar-refractivity contribution in [2.24, 2.45) is 5.92 Å². The quantitative estimate of drug-likeness (QED) is 0.837. The zero-order chi connectivity index (χ0) is 15.9. The predicted molar refractivity (Wildman–Crippen MR) is 88.6 cm³/mol. The highest BCUT2D eigenvalue weighted by molar-refractivity contribution is 7.71. The van der Waals surface area contributed by atoms with Crippen LogP contribution in [0.4, 0.5) is 0 Å². The van der Waals surface area contributed by atoms with Crippen molar-refractivity contribution in [1.29, 1.82) is 0 Å². The van der Waals surface area contributed by atoms with Crippen LogP contribution >= 0.6 is 12.2 Å². The molecule has 1 saturated heterocycles. The Hall–Kier alpha value is -1.95. The van der Waals surface area contributed by atoms with Gasteiger partial charge in [0.05, 0.1) is 10.9 Å². The summed E-state index contributed by atoms with van der Waals surface area (Å²) >= 11 is 4.99. The minimum absolute atomic E-state index is 0.0256. The number of aromatic amines is 2. The highest BCUT2D eigenvalue weighted by atomic mass is 32.1. The van der Waals surface area contributed by atoms with E-state index in [-0.39, 0.29) is 16.2 Å². The topological polar surface area (TPSA) is 69.0 Å². The summed E-state index contributed by atoms with van der Waals surface area (Å²) in [6.45, 7) is 5.09. The number of rotatable bonds is 2. The number of hydrogen-bond acceptors (Lipinski definition) is 3. The average molecular weight is 317 g/mol. The van der Waals surface area contributed by atoms with Gasteiger partial charge in [0.1, 0.15) is 0 Å². The number of nitrogens with zero attached hydrogens (tertiary/aromatic N) is 1. The van der Waals surface area contributed by atoms with E-state index in [1.165, 1.54) is 0 Å². The van der Waals surface area contributed by atoms with Crippen molar-refractivity contribution >= 4 is 29.0 Å². The SMILES string of the molecule is CC(C)[C@H]1CCCN1C(=O)c1ccc2c(=O)[nH]c(=S)[nH]c2c1. The fraction of sp³-hybridized carbons (Fsp3) is 0.438. The molecule has 3 rings (SSSR count). The third kappa shape index (κ3) is 2.59. The maximum absolute atomic E-state index is 12.8. The molecule has 1 fully saturated rings. The molecule has 5 nitrogen and oxygen atoms in total. The summed E-state index contributed by atoms with van der Waals surface area (Å²) in [6.07, 6.45) is 2.10. The van der Waals surface area contributed by atoms with E-state index in [2.05, 4.69) is 23.8 Å². The van der Waals surface area contributed by atoms with E-state index in [0.29, 0.717) is 28.4 Å². The number of hydrogen-bond donors (Lipinski definition) is 2. The third-order valence-corrected chi connectivity index (χ3v) is 4.52. The molecule has 6 heteroatoms. The number of H-pyrrole nitrogens is 2. The van der Waals surface area contributed by atoms with Gasteiger partial charge in [-0.3, -0.25) is 14.6 Å². The van der Waals surface area contributed by atoms with Crippen LogP contribution in [-0.4, -0.2) is 33.4 Å². The summed E-state index contributed by atoms with van der Waals surface area (Å²) in [5.41, 5.74) is 0.954. The number of amides is 1. The molecule has 0 unspecified atom stereocenters. The maximum Gasteiger partial charge on any atom is 0.259 e. The zero-order valence-electron chi connectivity index (χ0n) is 12.7. The summed E-state index contributed by atoms with van der Waals surface area (Å²) in [4.78, 5) is 32.1. The Morgan fingerprint density at radius 1 is 1.36 bits per heavy atom. The summed E-state index contributed by atoms with van der Waals surface area (Å²) in [6, 6.07) is 5.40. The molecule has 1 amide bonds. The molecule has 2 aromatic rings. The summed E-state index contributed by atoms with van der Waals surface area (Å²) in [5, 5.41) is 0.506. The molecule has 116 valence electrons. The normalized spacial score (nSPS) is 18.3. The highest BCUT2D eigenvalue weighted by Gasteiger charge is 2.31. The second-order valence-corrected chi connectivity index (χ2v) is 6.53. The lowest BCUT2D eigenvalue weighted by atomic mass is 10.0. The van der Waals surface area contributed by atoms with Crippen molar-refractivity contribution in [3.63, 3.8) is 0 Å². The van der Waals surface area contributed by atoms with Crippen LogP contribution in [0.2, 0.25) is 0 Å². The van der Waals surface area contributed by atoms with Gasteiger partial charge in [-0.15, -0.1) is 0 Å². The predicted octanol–water partition coefficient (Wildman–Crippen LogP) is 2.85. The number of fused-ring (bicyclic) bond motifs is 1. The first kappa shape index (κ1) is 15.0. The van der Waals surface area contributed by atoms with Crippen molar-refractivity contribution < 1.29 is 4.79 Å². The molecule has 0 bridgehead atoms. The number of nitrogens with one attached hydrogen (secondary N) is 2. The minimum Gasteiger partial charge on any atom is -0.335 e. The molecule has 0 saturated carbocycles. The van der Waals surface area contributed by atoms with Gasteiger partial charge in [-0.1, -0.05) is 13.8 Å². The molecule has 0 spiro atoms. The Labute approximate surface area is 133 Å². The van der Waals surface area contributed by atoms with Crippen LogP contribution < -0.4 is 5.56 Å². The fourth-order valence-electron chi connectivity index (χ4n) is 3.21. The van der Waals surface area contributed by atoms with Crippen molar-refractivity contribution in [3.05, 3.63) is 38.9 Å². The molecule has 2 heterocycles. The van der Waals surface area contributed by atoms with Crippen molar-refractivity contribution in [2.75, 3.05) is 6.54 Å². The van der Waals surface area contributed by atoms with E-state index < -0.39 is 0 Å². The summed E-state index contributed by atoms with van der Waals surface area (Å²) in [5.74, 6) is 0.471. The van der Waals surface area contributed by atoms with E-state index in [4.69, 9.17) is 12.2 Å². The van der Waals surface area contributed by atoms with Crippen LogP contribution in [0.5, 0.6) is 0 Å². The largest absolute Gasteiger partial charge is 0.335 e. The lowest BCUT2D eigenvalue weighted by Gasteiger charge is -2.27. The Kier molecular flexibility index (Phi) is 3.87. The van der Waals surface area contributed by atoms with Crippen LogP contribution in [0.1, 0.15) is 37.0 Å². The first-order valence-electron chi connectivity index (χ1n) is 7.54.